The van der Waals surface area contributed by atoms with Gasteiger partial charge in [0.15, 0.2) is 0 Å². The molecule has 5 heteroatoms. The molecular formula is C12H19N3O2. The minimum atomic E-state index is -0.116. The normalized spacial score (nSPS) is 21.0. The van der Waals surface area contributed by atoms with Gasteiger partial charge in [0.05, 0.1) is 18.8 Å². The number of hydrogen-bond acceptors (Lipinski definition) is 4. The molecule has 17 heavy (non-hydrogen) atoms. The molecule has 1 unspecified atom stereocenters. The highest BCUT2D eigenvalue weighted by Crippen LogP contribution is 2.08. The van der Waals surface area contributed by atoms with Gasteiger partial charge in [-0.1, -0.05) is 6.92 Å². The smallest absolute Gasteiger partial charge is 0.237 e. The molecule has 0 radical (unpaired) electrons. The summed E-state index contributed by atoms with van der Waals surface area (Å²) in [6, 6.07) is -0.116. The molecule has 1 aliphatic heterocycles. The van der Waals surface area contributed by atoms with E-state index in [-0.39, 0.29) is 11.9 Å². The molecule has 0 aromatic carbocycles. The number of nitrogens with one attached hydrogen (secondary N) is 2. The van der Waals surface area contributed by atoms with Crippen LogP contribution < -0.4 is 10.6 Å². The fourth-order valence-corrected chi connectivity index (χ4v) is 1.94. The Balaban J connectivity index is 1.85. The molecule has 1 atom stereocenters. The van der Waals surface area contributed by atoms with Crippen LogP contribution in [0.4, 0.5) is 0 Å². The van der Waals surface area contributed by atoms with E-state index in [0.717, 1.165) is 38.0 Å². The van der Waals surface area contributed by atoms with Gasteiger partial charge in [0.1, 0.15) is 5.76 Å². The summed E-state index contributed by atoms with van der Waals surface area (Å²) in [6.07, 6.45) is 5.60. The van der Waals surface area contributed by atoms with Gasteiger partial charge in [-0.05, 0) is 19.3 Å². The van der Waals surface area contributed by atoms with Crippen LogP contribution in [0.2, 0.25) is 0 Å². The number of nitrogens with zero attached hydrogens (tertiary/aromatic N) is 1. The van der Waals surface area contributed by atoms with Crippen LogP contribution in [0.1, 0.15) is 37.8 Å². The molecule has 2 rings (SSSR count). The Kier molecular flexibility index (Phi) is 4.14. The summed E-state index contributed by atoms with van der Waals surface area (Å²) in [7, 11) is 0. The number of hydrogen-bond donors (Lipinski definition) is 2. The number of aromatic nitrogens is 1. The zero-order valence-electron chi connectivity index (χ0n) is 10.2. The van der Waals surface area contributed by atoms with Crippen LogP contribution in [0.5, 0.6) is 0 Å². The lowest BCUT2D eigenvalue weighted by molar-refractivity contribution is -0.122. The Labute approximate surface area is 101 Å². The third kappa shape index (κ3) is 3.30. The highest BCUT2D eigenvalue weighted by atomic mass is 16.4. The molecule has 1 amide bonds. The Morgan fingerprint density at radius 2 is 2.47 bits per heavy atom. The largest absolute Gasteiger partial charge is 0.444 e. The summed E-state index contributed by atoms with van der Waals surface area (Å²) in [5.74, 6) is 1.62. The first-order chi connectivity index (χ1) is 8.29. The zero-order valence-corrected chi connectivity index (χ0v) is 10.2. The van der Waals surface area contributed by atoms with Gasteiger partial charge < -0.3 is 9.73 Å². The molecule has 0 saturated carbocycles. The van der Waals surface area contributed by atoms with Crippen molar-refractivity contribution in [1.29, 1.82) is 0 Å². The van der Waals surface area contributed by atoms with Crippen LogP contribution in [-0.2, 0) is 17.8 Å². The lowest BCUT2D eigenvalue weighted by Crippen LogP contribution is -2.42. The Hall–Kier alpha value is -1.36. The van der Waals surface area contributed by atoms with Gasteiger partial charge in [0, 0.05) is 13.0 Å². The van der Waals surface area contributed by atoms with Crippen molar-refractivity contribution in [3.63, 3.8) is 0 Å². The minimum Gasteiger partial charge on any atom is -0.444 e. The highest BCUT2D eigenvalue weighted by molar-refractivity contribution is 5.81. The minimum absolute atomic E-state index is 0.0878. The second-order valence-electron chi connectivity index (χ2n) is 4.29. The number of amides is 1. The number of carbonyl (C=O) groups is 1. The van der Waals surface area contributed by atoms with E-state index < -0.39 is 0 Å². The fraction of sp³-hybridized carbons (Fsp3) is 0.667. The second-order valence-corrected chi connectivity index (χ2v) is 4.29. The van der Waals surface area contributed by atoms with Crippen molar-refractivity contribution in [3.05, 3.63) is 17.8 Å². The second kappa shape index (κ2) is 5.82. The first kappa shape index (κ1) is 12.1. The molecule has 1 aromatic heterocycles. The van der Waals surface area contributed by atoms with Crippen LogP contribution >= 0.6 is 0 Å². The van der Waals surface area contributed by atoms with Crippen molar-refractivity contribution >= 4 is 5.91 Å². The monoisotopic (exact) mass is 237 g/mol. The molecule has 2 heterocycles. The van der Waals surface area contributed by atoms with Crippen molar-refractivity contribution in [2.45, 2.75) is 45.2 Å². The first-order valence-electron chi connectivity index (χ1n) is 6.24. The molecule has 1 aliphatic rings. The zero-order chi connectivity index (χ0) is 12.1. The third-order valence-corrected chi connectivity index (χ3v) is 2.98. The molecule has 1 aromatic rings. The molecule has 0 bridgehead atoms. The van der Waals surface area contributed by atoms with E-state index in [4.69, 9.17) is 4.42 Å². The Morgan fingerprint density at radius 3 is 3.24 bits per heavy atom. The molecule has 5 nitrogen and oxygen atoms in total. The predicted molar refractivity (Wildman–Crippen MR) is 63.4 cm³/mol. The Bertz CT molecular complexity index is 376. The molecule has 1 saturated heterocycles. The van der Waals surface area contributed by atoms with Crippen LogP contribution in [0.3, 0.4) is 0 Å². The topological polar surface area (TPSA) is 67.2 Å². The summed E-state index contributed by atoms with van der Waals surface area (Å²) in [4.78, 5) is 15.8. The number of aryl methyl sites for hydroxylation is 1. The van der Waals surface area contributed by atoms with E-state index in [1.165, 1.54) is 0 Å². The maximum absolute atomic E-state index is 11.7. The number of carbonyl (C=O) groups excluding carboxylic acids is 1. The summed E-state index contributed by atoms with van der Waals surface area (Å²) in [5, 5.41) is 6.09. The predicted octanol–water partition coefficient (Wildman–Crippen LogP) is 0.995. The summed E-state index contributed by atoms with van der Waals surface area (Å²) >= 11 is 0. The van der Waals surface area contributed by atoms with Gasteiger partial charge in [-0.2, -0.15) is 0 Å². The van der Waals surface area contributed by atoms with Crippen molar-refractivity contribution in [3.8, 4) is 0 Å². The number of oxazole rings is 1. The van der Waals surface area contributed by atoms with E-state index in [1.807, 2.05) is 6.92 Å². The van der Waals surface area contributed by atoms with Gasteiger partial charge in [0.2, 0.25) is 11.8 Å². The molecule has 2 N–H and O–H groups in total. The van der Waals surface area contributed by atoms with Gasteiger partial charge in [0.25, 0.3) is 0 Å². The van der Waals surface area contributed by atoms with Crippen molar-refractivity contribution < 1.29 is 9.21 Å². The molecule has 0 spiro atoms. The van der Waals surface area contributed by atoms with Crippen LogP contribution in [0.25, 0.3) is 0 Å². The molecule has 0 aliphatic carbocycles. The van der Waals surface area contributed by atoms with E-state index in [9.17, 15) is 4.79 Å². The van der Waals surface area contributed by atoms with Gasteiger partial charge in [-0.3, -0.25) is 10.1 Å². The fourth-order valence-electron chi connectivity index (χ4n) is 1.94. The maximum atomic E-state index is 11.7. The average molecular weight is 237 g/mol. The van der Waals surface area contributed by atoms with E-state index >= 15 is 0 Å². The lowest BCUT2D eigenvalue weighted by Gasteiger charge is -2.13. The van der Waals surface area contributed by atoms with Crippen LogP contribution in [-0.4, -0.2) is 23.5 Å². The van der Waals surface area contributed by atoms with Crippen molar-refractivity contribution in [1.82, 2.24) is 15.6 Å². The quantitative estimate of drug-likeness (QED) is 0.819. The standard InChI is InChI=1S/C12H19N3O2/c1-2-9-7-15-11(17-9)8-14-10-5-3-4-6-13-12(10)16/h7,10,14H,2-6,8H2,1H3,(H,13,16). The van der Waals surface area contributed by atoms with Crippen molar-refractivity contribution in [2.24, 2.45) is 0 Å². The molecule has 94 valence electrons. The third-order valence-electron chi connectivity index (χ3n) is 2.98. The lowest BCUT2D eigenvalue weighted by atomic mass is 10.1. The van der Waals surface area contributed by atoms with Crippen LogP contribution in [0, 0.1) is 0 Å². The summed E-state index contributed by atoms with van der Waals surface area (Å²) < 4.78 is 5.49. The van der Waals surface area contributed by atoms with Gasteiger partial charge >= 0.3 is 0 Å². The SMILES string of the molecule is CCc1cnc(CNC2CCCCNC2=O)o1. The Morgan fingerprint density at radius 1 is 1.59 bits per heavy atom. The van der Waals surface area contributed by atoms with Crippen molar-refractivity contribution in [2.75, 3.05) is 6.54 Å². The number of rotatable bonds is 4. The van der Waals surface area contributed by atoms with Gasteiger partial charge in [-0.25, -0.2) is 4.98 Å². The highest BCUT2D eigenvalue weighted by Gasteiger charge is 2.20. The van der Waals surface area contributed by atoms with Crippen LogP contribution in [0.15, 0.2) is 10.6 Å². The summed E-state index contributed by atoms with van der Waals surface area (Å²) in [5.41, 5.74) is 0. The molecule has 1 fully saturated rings. The van der Waals surface area contributed by atoms with E-state index in [1.54, 1.807) is 6.20 Å². The summed E-state index contributed by atoms with van der Waals surface area (Å²) in [6.45, 7) is 3.32. The van der Waals surface area contributed by atoms with E-state index in [2.05, 4.69) is 15.6 Å². The maximum Gasteiger partial charge on any atom is 0.237 e. The average Bonchev–Trinajstić information content (AvgIpc) is 2.70. The van der Waals surface area contributed by atoms with E-state index in [0.29, 0.717) is 12.4 Å². The first-order valence-corrected chi connectivity index (χ1v) is 6.24. The van der Waals surface area contributed by atoms with Gasteiger partial charge in [-0.15, -0.1) is 0 Å². The molecular weight excluding hydrogens is 218 g/mol.